The van der Waals surface area contributed by atoms with E-state index < -0.39 is 0 Å². The van der Waals surface area contributed by atoms with Gasteiger partial charge in [-0.15, -0.1) is 0 Å². The van der Waals surface area contributed by atoms with Gasteiger partial charge in [0.25, 0.3) is 0 Å². The summed E-state index contributed by atoms with van der Waals surface area (Å²) >= 11 is 0. The second kappa shape index (κ2) is 6.89. The minimum atomic E-state index is 0.585. The summed E-state index contributed by atoms with van der Waals surface area (Å²) in [6, 6.07) is 25.8. The third kappa shape index (κ3) is 2.61. The molecule has 3 heteroatoms. The van der Waals surface area contributed by atoms with Crippen molar-refractivity contribution in [1.29, 1.82) is 0 Å². The number of hydrogen-bond acceptors (Lipinski definition) is 3. The van der Waals surface area contributed by atoms with Gasteiger partial charge in [-0.3, -0.25) is 0 Å². The van der Waals surface area contributed by atoms with Gasteiger partial charge >= 0.3 is 0 Å². The van der Waals surface area contributed by atoms with Gasteiger partial charge in [0.2, 0.25) is 5.71 Å². The number of rotatable bonds is 2. The summed E-state index contributed by atoms with van der Waals surface area (Å²) in [7, 11) is 0. The molecule has 154 valence electrons. The van der Waals surface area contributed by atoms with E-state index in [1.165, 1.54) is 47.4 Å². The highest BCUT2D eigenvalue weighted by Gasteiger charge is 2.23. The second-order valence-corrected chi connectivity index (χ2v) is 8.90. The maximum Gasteiger partial charge on any atom is 0.227 e. The maximum atomic E-state index is 6.23. The smallest absolute Gasteiger partial charge is 0.227 e. The minimum absolute atomic E-state index is 0.585. The number of furan rings is 1. The van der Waals surface area contributed by atoms with Crippen molar-refractivity contribution in [2.24, 2.45) is 0 Å². The number of fused-ring (bicyclic) bond motifs is 6. The second-order valence-electron chi connectivity index (χ2n) is 8.90. The van der Waals surface area contributed by atoms with E-state index in [2.05, 4.69) is 71.7 Å². The van der Waals surface area contributed by atoms with Gasteiger partial charge in [-0.25, -0.2) is 9.97 Å². The van der Waals surface area contributed by atoms with Crippen molar-refractivity contribution in [1.82, 2.24) is 9.97 Å². The number of para-hydroxylation sites is 1. The van der Waals surface area contributed by atoms with E-state index in [-0.39, 0.29) is 0 Å². The number of aromatic nitrogens is 2. The lowest BCUT2D eigenvalue weighted by Gasteiger charge is -2.17. The normalized spacial score (nSPS) is 14.9. The van der Waals surface area contributed by atoms with Crippen molar-refractivity contribution in [2.75, 3.05) is 0 Å². The molecule has 0 N–H and O–H groups in total. The van der Waals surface area contributed by atoms with Gasteiger partial charge in [0, 0.05) is 27.9 Å². The molecule has 7 rings (SSSR count). The first kappa shape index (κ1) is 17.9. The van der Waals surface area contributed by atoms with Crippen LogP contribution in [0, 0.1) is 0 Å². The van der Waals surface area contributed by atoms with Crippen molar-refractivity contribution < 1.29 is 4.42 Å². The van der Waals surface area contributed by atoms with Crippen LogP contribution in [0.1, 0.15) is 37.2 Å². The van der Waals surface area contributed by atoms with E-state index in [4.69, 9.17) is 9.40 Å². The van der Waals surface area contributed by atoms with Crippen LogP contribution in [0.2, 0.25) is 0 Å². The molecule has 0 bridgehead atoms. The van der Waals surface area contributed by atoms with Crippen LogP contribution in [0.3, 0.4) is 0 Å². The SMILES string of the molecule is c1ccc2c(c1)ccc1nc(-c3cccc4c3oc3ncccc34)cc(C3CCCC3)c12. The molecule has 0 amide bonds. The highest BCUT2D eigenvalue weighted by Crippen LogP contribution is 2.42. The Morgan fingerprint density at radius 3 is 2.56 bits per heavy atom. The lowest BCUT2D eigenvalue weighted by Crippen LogP contribution is -1.98. The Kier molecular flexibility index (Phi) is 3.86. The summed E-state index contributed by atoms with van der Waals surface area (Å²) in [5, 5.41) is 6.04. The van der Waals surface area contributed by atoms with Crippen LogP contribution in [-0.2, 0) is 0 Å². The Bertz CT molecular complexity index is 1640. The molecule has 0 spiro atoms. The van der Waals surface area contributed by atoms with Crippen molar-refractivity contribution in [3.8, 4) is 11.3 Å². The van der Waals surface area contributed by atoms with Gasteiger partial charge < -0.3 is 4.42 Å². The van der Waals surface area contributed by atoms with Crippen LogP contribution >= 0.6 is 0 Å². The molecule has 6 aromatic rings. The molecule has 0 radical (unpaired) electrons. The predicted molar refractivity (Wildman–Crippen MR) is 131 cm³/mol. The minimum Gasteiger partial charge on any atom is -0.437 e. The van der Waals surface area contributed by atoms with Gasteiger partial charge in [-0.1, -0.05) is 55.3 Å². The molecule has 1 aliphatic rings. The van der Waals surface area contributed by atoms with Crippen molar-refractivity contribution in [3.63, 3.8) is 0 Å². The van der Waals surface area contributed by atoms with E-state index >= 15 is 0 Å². The molecule has 3 aromatic carbocycles. The lowest BCUT2D eigenvalue weighted by molar-refractivity contribution is 0.655. The molecule has 1 saturated carbocycles. The Labute approximate surface area is 185 Å². The highest BCUT2D eigenvalue weighted by molar-refractivity contribution is 6.11. The van der Waals surface area contributed by atoms with Crippen molar-refractivity contribution in [2.45, 2.75) is 31.6 Å². The summed E-state index contributed by atoms with van der Waals surface area (Å²) in [5.74, 6) is 0.585. The summed E-state index contributed by atoms with van der Waals surface area (Å²) in [6.45, 7) is 0. The van der Waals surface area contributed by atoms with Gasteiger partial charge in [-0.2, -0.15) is 0 Å². The largest absolute Gasteiger partial charge is 0.437 e. The molecule has 32 heavy (non-hydrogen) atoms. The molecule has 3 aromatic heterocycles. The van der Waals surface area contributed by atoms with Crippen molar-refractivity contribution >= 4 is 43.7 Å². The standard InChI is InChI=1S/C29H22N2O/c1-2-8-18(7-1)24-17-26(31-25-15-14-19-9-3-4-10-20(19)27(24)25)23-12-5-11-21-22-13-6-16-30-29(22)32-28(21)23/h3-6,9-18H,1-2,7-8H2. The summed E-state index contributed by atoms with van der Waals surface area (Å²) in [6.07, 6.45) is 6.89. The predicted octanol–water partition coefficient (Wildman–Crippen LogP) is 8.01. The van der Waals surface area contributed by atoms with Crippen LogP contribution in [0.5, 0.6) is 0 Å². The van der Waals surface area contributed by atoms with E-state index in [1.54, 1.807) is 6.20 Å². The summed E-state index contributed by atoms with van der Waals surface area (Å²) in [5.41, 5.74) is 6.07. The molecular weight excluding hydrogens is 392 g/mol. The Hall–Kier alpha value is -3.72. The van der Waals surface area contributed by atoms with E-state index in [9.17, 15) is 0 Å². The molecule has 3 heterocycles. The fraction of sp³-hybridized carbons (Fsp3) is 0.172. The van der Waals surface area contributed by atoms with Crippen LogP contribution in [0.15, 0.2) is 83.4 Å². The number of hydrogen-bond donors (Lipinski definition) is 0. The Balaban J connectivity index is 1.56. The third-order valence-electron chi connectivity index (χ3n) is 7.07. The fourth-order valence-corrected chi connectivity index (χ4v) is 5.57. The molecule has 0 aliphatic heterocycles. The molecule has 3 nitrogen and oxygen atoms in total. The zero-order chi connectivity index (χ0) is 21.1. The van der Waals surface area contributed by atoms with Gasteiger partial charge in [0.15, 0.2) is 0 Å². The maximum absolute atomic E-state index is 6.23. The lowest BCUT2D eigenvalue weighted by atomic mass is 9.90. The van der Waals surface area contributed by atoms with Gasteiger partial charge in [-0.05, 0) is 65.4 Å². The van der Waals surface area contributed by atoms with Gasteiger partial charge in [0.1, 0.15) is 5.58 Å². The monoisotopic (exact) mass is 414 g/mol. The first-order chi connectivity index (χ1) is 15.9. The van der Waals surface area contributed by atoms with E-state index in [0.29, 0.717) is 11.6 Å². The quantitative estimate of drug-likeness (QED) is 0.269. The molecule has 1 aliphatic carbocycles. The zero-order valence-corrected chi connectivity index (χ0v) is 17.7. The molecule has 0 unspecified atom stereocenters. The van der Waals surface area contributed by atoms with E-state index in [1.807, 2.05) is 6.07 Å². The highest BCUT2D eigenvalue weighted by atomic mass is 16.3. The van der Waals surface area contributed by atoms with Crippen LogP contribution in [0.4, 0.5) is 0 Å². The number of pyridine rings is 2. The third-order valence-corrected chi connectivity index (χ3v) is 7.07. The molecular formula is C29H22N2O. The van der Waals surface area contributed by atoms with Crippen LogP contribution < -0.4 is 0 Å². The van der Waals surface area contributed by atoms with Crippen LogP contribution in [0.25, 0.3) is 55.0 Å². The van der Waals surface area contributed by atoms with Gasteiger partial charge in [0.05, 0.1) is 11.2 Å². The summed E-state index contributed by atoms with van der Waals surface area (Å²) < 4.78 is 6.23. The molecule has 1 fully saturated rings. The Morgan fingerprint density at radius 1 is 0.781 bits per heavy atom. The first-order valence-electron chi connectivity index (χ1n) is 11.5. The first-order valence-corrected chi connectivity index (χ1v) is 11.5. The summed E-state index contributed by atoms with van der Waals surface area (Å²) in [4.78, 5) is 9.60. The van der Waals surface area contributed by atoms with Crippen LogP contribution in [-0.4, -0.2) is 9.97 Å². The fourth-order valence-electron chi connectivity index (χ4n) is 5.57. The Morgan fingerprint density at radius 2 is 1.62 bits per heavy atom. The average molecular weight is 415 g/mol. The van der Waals surface area contributed by atoms with Crippen molar-refractivity contribution in [3.05, 3.63) is 84.6 Å². The zero-order valence-electron chi connectivity index (χ0n) is 17.7. The topological polar surface area (TPSA) is 38.9 Å². The number of nitrogens with zero attached hydrogens (tertiary/aromatic N) is 2. The number of benzene rings is 3. The molecule has 0 saturated heterocycles. The van der Waals surface area contributed by atoms with E-state index in [0.717, 1.165) is 33.1 Å². The molecule has 0 atom stereocenters. The average Bonchev–Trinajstić information content (AvgIpc) is 3.51.